The van der Waals surface area contributed by atoms with Crippen LogP contribution in [-0.2, 0) is 6.54 Å². The van der Waals surface area contributed by atoms with Gasteiger partial charge in [-0.3, -0.25) is 0 Å². The third kappa shape index (κ3) is 3.47. The van der Waals surface area contributed by atoms with Crippen LogP contribution in [-0.4, -0.2) is 19.2 Å². The number of hydrogen-bond acceptors (Lipinski definition) is 4. The zero-order chi connectivity index (χ0) is 14.7. The fourth-order valence-corrected chi connectivity index (χ4v) is 2.88. The van der Waals surface area contributed by atoms with Crippen molar-refractivity contribution in [2.75, 3.05) is 18.5 Å². The molecule has 0 unspecified atom stereocenters. The minimum atomic E-state index is -0.396. The van der Waals surface area contributed by atoms with E-state index in [1.165, 1.54) is 5.56 Å². The van der Waals surface area contributed by atoms with E-state index in [1.807, 2.05) is 5.38 Å². The van der Waals surface area contributed by atoms with E-state index in [0.29, 0.717) is 35.3 Å². The molecule has 5 nitrogen and oxygen atoms in total. The molecule has 109 valence electrons. The first-order valence-corrected chi connectivity index (χ1v) is 7.75. The number of anilines is 1. The Kier molecular flexibility index (Phi) is 4.28. The molecule has 1 aromatic carbocycles. The van der Waals surface area contributed by atoms with Crippen molar-refractivity contribution < 1.29 is 9.53 Å². The van der Waals surface area contributed by atoms with Crippen molar-refractivity contribution in [3.63, 3.8) is 0 Å². The Morgan fingerprint density at radius 3 is 3.14 bits per heavy atom. The van der Waals surface area contributed by atoms with Gasteiger partial charge in [0, 0.05) is 24.2 Å². The molecule has 1 aliphatic rings. The fourth-order valence-electron chi connectivity index (χ4n) is 2.00. The third-order valence-corrected chi connectivity index (χ3v) is 3.89. The standard InChI is InChI=1S/C14H13ClN3O2S/c15-10-5-11-13(18-14(19)17-11)12(6-10)20-3-2-16-7-9-1-4-21-8-9/h1,4-6,8,16H,2-3,7H2,(H,17,19). The van der Waals surface area contributed by atoms with Crippen molar-refractivity contribution in [1.82, 2.24) is 10.6 Å². The summed E-state index contributed by atoms with van der Waals surface area (Å²) in [5, 5.41) is 14.4. The summed E-state index contributed by atoms with van der Waals surface area (Å²) in [6.07, 6.45) is 0. The largest absolute Gasteiger partial charge is 0.490 e. The molecule has 21 heavy (non-hydrogen) atoms. The number of rotatable bonds is 6. The van der Waals surface area contributed by atoms with E-state index >= 15 is 0 Å². The Morgan fingerprint density at radius 1 is 1.43 bits per heavy atom. The average Bonchev–Trinajstić information content (AvgIpc) is 3.06. The highest BCUT2D eigenvalue weighted by atomic mass is 35.5. The molecule has 1 radical (unpaired) electrons. The van der Waals surface area contributed by atoms with Gasteiger partial charge in [-0.05, 0) is 28.5 Å². The van der Waals surface area contributed by atoms with Crippen LogP contribution in [0.15, 0.2) is 29.0 Å². The van der Waals surface area contributed by atoms with Crippen LogP contribution in [0.5, 0.6) is 5.75 Å². The van der Waals surface area contributed by atoms with E-state index in [4.69, 9.17) is 16.3 Å². The molecule has 2 heterocycles. The summed E-state index contributed by atoms with van der Waals surface area (Å²) in [7, 11) is 0. The van der Waals surface area contributed by atoms with Gasteiger partial charge in [0.1, 0.15) is 18.0 Å². The van der Waals surface area contributed by atoms with E-state index < -0.39 is 6.03 Å². The molecule has 1 aromatic heterocycles. The maximum Gasteiger partial charge on any atom is 0.346 e. The van der Waals surface area contributed by atoms with Crippen LogP contribution < -0.4 is 20.7 Å². The summed E-state index contributed by atoms with van der Waals surface area (Å²) in [4.78, 5) is 11.3. The number of carbonyl (C=O) groups excluding carboxylic acids is 1. The second-order valence-electron chi connectivity index (χ2n) is 4.50. The van der Waals surface area contributed by atoms with Crippen LogP contribution in [0, 0.1) is 0 Å². The number of carbonyl (C=O) groups is 1. The van der Waals surface area contributed by atoms with Gasteiger partial charge in [-0.1, -0.05) is 11.6 Å². The highest BCUT2D eigenvalue weighted by Gasteiger charge is 2.23. The number of nitrogens with one attached hydrogen (secondary N) is 2. The molecule has 0 atom stereocenters. The molecule has 0 aliphatic carbocycles. The lowest BCUT2D eigenvalue weighted by molar-refractivity contribution is 0.255. The molecule has 2 aromatic rings. The maximum atomic E-state index is 11.3. The van der Waals surface area contributed by atoms with Gasteiger partial charge in [-0.25, -0.2) is 4.79 Å². The number of nitrogens with zero attached hydrogens (tertiary/aromatic N) is 1. The molecule has 3 rings (SSSR count). The predicted octanol–water partition coefficient (Wildman–Crippen LogP) is 3.35. The number of hydrogen-bond donors (Lipinski definition) is 2. The summed E-state index contributed by atoms with van der Waals surface area (Å²) in [6, 6.07) is 5.02. The highest BCUT2D eigenvalue weighted by molar-refractivity contribution is 7.07. The van der Waals surface area contributed by atoms with Gasteiger partial charge in [0.2, 0.25) is 0 Å². The molecule has 7 heteroatoms. The number of amides is 2. The summed E-state index contributed by atoms with van der Waals surface area (Å²) in [6.45, 7) is 1.98. The first kappa shape index (κ1) is 14.2. The fraction of sp³-hybridized carbons (Fsp3) is 0.214. The van der Waals surface area contributed by atoms with Crippen molar-refractivity contribution in [1.29, 1.82) is 0 Å². The molecular formula is C14H13ClN3O2S. The predicted molar refractivity (Wildman–Crippen MR) is 83.8 cm³/mol. The number of ether oxygens (including phenoxy) is 1. The van der Waals surface area contributed by atoms with Crippen molar-refractivity contribution in [3.8, 4) is 5.75 Å². The Balaban J connectivity index is 1.53. The van der Waals surface area contributed by atoms with Crippen LogP contribution in [0.4, 0.5) is 16.2 Å². The zero-order valence-electron chi connectivity index (χ0n) is 11.1. The van der Waals surface area contributed by atoms with Gasteiger partial charge in [0.25, 0.3) is 0 Å². The lowest BCUT2D eigenvalue weighted by Crippen LogP contribution is -2.20. The Morgan fingerprint density at radius 2 is 2.33 bits per heavy atom. The van der Waals surface area contributed by atoms with Crippen LogP contribution in [0.1, 0.15) is 5.56 Å². The second kappa shape index (κ2) is 6.34. The lowest BCUT2D eigenvalue weighted by Gasteiger charge is -2.10. The van der Waals surface area contributed by atoms with E-state index in [0.717, 1.165) is 6.54 Å². The van der Waals surface area contributed by atoms with Gasteiger partial charge >= 0.3 is 6.03 Å². The van der Waals surface area contributed by atoms with Crippen LogP contribution in [0.2, 0.25) is 5.02 Å². The SMILES string of the molecule is O=C1[N]c2c(cc(Cl)cc2OCCNCc2ccsc2)N1. The first-order valence-electron chi connectivity index (χ1n) is 6.43. The molecule has 1 aliphatic heterocycles. The number of thiophene rings is 1. The Labute approximate surface area is 131 Å². The minimum Gasteiger partial charge on any atom is -0.490 e. The Hall–Kier alpha value is -1.76. The van der Waals surface area contributed by atoms with Gasteiger partial charge in [0.05, 0.1) is 5.69 Å². The van der Waals surface area contributed by atoms with E-state index in [-0.39, 0.29) is 0 Å². The van der Waals surface area contributed by atoms with Crippen molar-refractivity contribution in [2.24, 2.45) is 0 Å². The number of halogens is 1. The number of fused-ring (bicyclic) bond motifs is 1. The van der Waals surface area contributed by atoms with Crippen LogP contribution in [0.25, 0.3) is 0 Å². The summed E-state index contributed by atoms with van der Waals surface area (Å²) in [5.74, 6) is 0.521. The lowest BCUT2D eigenvalue weighted by atomic mass is 10.2. The van der Waals surface area contributed by atoms with Crippen molar-refractivity contribution >= 4 is 40.3 Å². The summed E-state index contributed by atoms with van der Waals surface area (Å²) in [5.41, 5.74) is 2.37. The monoisotopic (exact) mass is 322 g/mol. The first-order chi connectivity index (χ1) is 10.2. The molecule has 0 saturated carbocycles. The second-order valence-corrected chi connectivity index (χ2v) is 5.72. The van der Waals surface area contributed by atoms with Gasteiger partial charge < -0.3 is 15.4 Å². The van der Waals surface area contributed by atoms with Gasteiger partial charge in [-0.2, -0.15) is 16.7 Å². The van der Waals surface area contributed by atoms with Crippen LogP contribution >= 0.6 is 22.9 Å². The highest BCUT2D eigenvalue weighted by Crippen LogP contribution is 2.39. The molecule has 0 saturated heterocycles. The smallest absolute Gasteiger partial charge is 0.346 e. The van der Waals surface area contributed by atoms with Gasteiger partial charge in [0.15, 0.2) is 0 Å². The van der Waals surface area contributed by atoms with Crippen LogP contribution in [0.3, 0.4) is 0 Å². The van der Waals surface area contributed by atoms with Crippen molar-refractivity contribution in [2.45, 2.75) is 6.54 Å². The third-order valence-electron chi connectivity index (χ3n) is 2.94. The Bertz CT molecular complexity index is 646. The minimum absolute atomic E-state index is 0.396. The number of benzene rings is 1. The quantitative estimate of drug-likeness (QED) is 0.802. The van der Waals surface area contributed by atoms with E-state index in [9.17, 15) is 4.79 Å². The summed E-state index contributed by atoms with van der Waals surface area (Å²) < 4.78 is 5.67. The topological polar surface area (TPSA) is 64.5 Å². The molecule has 0 spiro atoms. The van der Waals surface area contributed by atoms with Crippen molar-refractivity contribution in [3.05, 3.63) is 39.5 Å². The normalized spacial score (nSPS) is 12.7. The van der Waals surface area contributed by atoms with E-state index in [2.05, 4.69) is 27.4 Å². The average molecular weight is 323 g/mol. The number of urea groups is 1. The molecule has 0 fully saturated rings. The molecule has 2 amide bonds. The zero-order valence-corrected chi connectivity index (χ0v) is 12.6. The molecular weight excluding hydrogens is 310 g/mol. The summed E-state index contributed by atoms with van der Waals surface area (Å²) >= 11 is 7.67. The maximum absolute atomic E-state index is 11.3. The van der Waals surface area contributed by atoms with Gasteiger partial charge in [-0.15, -0.1) is 0 Å². The molecule has 0 bridgehead atoms. The molecule has 2 N–H and O–H groups in total. The van der Waals surface area contributed by atoms with E-state index in [1.54, 1.807) is 23.5 Å².